The zero-order valence-electron chi connectivity index (χ0n) is 16.5. The Kier molecular flexibility index (Phi) is 6.38. The maximum atomic E-state index is 12.4. The quantitative estimate of drug-likeness (QED) is 0.789. The van der Waals surface area contributed by atoms with E-state index < -0.39 is 0 Å². The van der Waals surface area contributed by atoms with Crippen LogP contribution in [0.25, 0.3) is 0 Å². The molecule has 0 bridgehead atoms. The lowest BCUT2D eigenvalue weighted by Crippen LogP contribution is -2.27. The van der Waals surface area contributed by atoms with Gasteiger partial charge >= 0.3 is 0 Å². The molecule has 0 fully saturated rings. The van der Waals surface area contributed by atoms with Crippen LogP contribution in [-0.4, -0.2) is 20.1 Å². The Bertz CT molecular complexity index is 800. The van der Waals surface area contributed by atoms with Crippen LogP contribution in [-0.2, 0) is 24.1 Å². The third-order valence-electron chi connectivity index (χ3n) is 5.34. The Hall–Kier alpha value is -2.49. The second kappa shape index (κ2) is 8.94. The fourth-order valence-corrected chi connectivity index (χ4v) is 3.71. The van der Waals surface area contributed by atoms with Crippen LogP contribution in [0.2, 0.25) is 0 Å². The van der Waals surface area contributed by atoms with E-state index in [1.165, 1.54) is 36.0 Å². The fraction of sp³-hybridized carbons (Fsp3) is 0.435. The first-order valence-corrected chi connectivity index (χ1v) is 9.72. The van der Waals surface area contributed by atoms with Gasteiger partial charge in [-0.25, -0.2) is 0 Å². The standard InChI is InChI=1S/C23H29NO3/c1-16(19-11-10-18-6-4-5-7-20(18)15-19)24-23(25)13-9-17-8-12-21(26-2)22(14-17)27-3/h8,10-12,14-16H,4-7,9,13H2,1-3H3,(H,24,25)/t16-/m0/s1. The minimum absolute atomic E-state index is 0.0233. The smallest absolute Gasteiger partial charge is 0.220 e. The van der Waals surface area contributed by atoms with Gasteiger partial charge in [0.1, 0.15) is 0 Å². The first-order valence-electron chi connectivity index (χ1n) is 9.72. The van der Waals surface area contributed by atoms with Crippen molar-refractivity contribution in [3.05, 3.63) is 58.7 Å². The minimum Gasteiger partial charge on any atom is -0.493 e. The van der Waals surface area contributed by atoms with Crippen molar-refractivity contribution < 1.29 is 14.3 Å². The van der Waals surface area contributed by atoms with E-state index in [-0.39, 0.29) is 11.9 Å². The summed E-state index contributed by atoms with van der Waals surface area (Å²) in [4.78, 5) is 12.4. The summed E-state index contributed by atoms with van der Waals surface area (Å²) in [6.07, 6.45) is 6.01. The Labute approximate surface area is 161 Å². The molecule has 4 heteroatoms. The summed E-state index contributed by atoms with van der Waals surface area (Å²) in [5.41, 5.74) is 5.17. The molecule has 1 aliphatic carbocycles. The average Bonchev–Trinajstić information content (AvgIpc) is 2.71. The van der Waals surface area contributed by atoms with Crippen LogP contribution in [0, 0.1) is 0 Å². The number of nitrogens with one attached hydrogen (secondary N) is 1. The lowest BCUT2D eigenvalue weighted by molar-refractivity contribution is -0.121. The molecule has 0 saturated carbocycles. The van der Waals surface area contributed by atoms with Gasteiger partial charge in [0.05, 0.1) is 20.3 Å². The molecule has 1 N–H and O–H groups in total. The Morgan fingerprint density at radius 3 is 2.48 bits per heavy atom. The van der Waals surface area contributed by atoms with Crippen molar-refractivity contribution in [2.45, 2.75) is 51.5 Å². The number of aryl methyl sites for hydroxylation is 3. The molecule has 1 aliphatic rings. The maximum absolute atomic E-state index is 12.4. The molecule has 0 aromatic heterocycles. The van der Waals surface area contributed by atoms with Crippen molar-refractivity contribution in [1.82, 2.24) is 5.32 Å². The van der Waals surface area contributed by atoms with Crippen LogP contribution in [0.5, 0.6) is 11.5 Å². The highest BCUT2D eigenvalue weighted by molar-refractivity contribution is 5.76. The number of methoxy groups -OCH3 is 2. The number of rotatable bonds is 7. The van der Waals surface area contributed by atoms with Gasteiger partial charge in [0.15, 0.2) is 11.5 Å². The second-order valence-corrected chi connectivity index (χ2v) is 7.21. The number of amides is 1. The van der Waals surface area contributed by atoms with Crippen LogP contribution in [0.4, 0.5) is 0 Å². The summed E-state index contributed by atoms with van der Waals surface area (Å²) in [5.74, 6) is 1.46. The number of ether oxygens (including phenoxy) is 2. The van der Waals surface area contributed by atoms with E-state index in [4.69, 9.17) is 9.47 Å². The molecule has 1 atom stereocenters. The van der Waals surface area contributed by atoms with Crippen molar-refractivity contribution in [2.24, 2.45) is 0 Å². The van der Waals surface area contributed by atoms with Crippen LogP contribution in [0.15, 0.2) is 36.4 Å². The molecular weight excluding hydrogens is 338 g/mol. The molecule has 0 aliphatic heterocycles. The predicted octanol–water partition coefficient (Wildman–Crippen LogP) is 4.39. The van der Waals surface area contributed by atoms with E-state index in [9.17, 15) is 4.79 Å². The predicted molar refractivity (Wildman–Crippen MR) is 108 cm³/mol. The molecule has 144 valence electrons. The number of carbonyl (C=O) groups excluding carboxylic acids is 1. The fourth-order valence-electron chi connectivity index (χ4n) is 3.71. The summed E-state index contributed by atoms with van der Waals surface area (Å²) in [7, 11) is 3.24. The van der Waals surface area contributed by atoms with Crippen molar-refractivity contribution in [2.75, 3.05) is 14.2 Å². The average molecular weight is 367 g/mol. The number of carbonyl (C=O) groups is 1. The van der Waals surface area contributed by atoms with Crippen LogP contribution in [0.3, 0.4) is 0 Å². The van der Waals surface area contributed by atoms with E-state index in [1.54, 1.807) is 14.2 Å². The van der Waals surface area contributed by atoms with E-state index in [0.29, 0.717) is 24.3 Å². The van der Waals surface area contributed by atoms with Gasteiger partial charge in [-0.3, -0.25) is 4.79 Å². The van der Waals surface area contributed by atoms with E-state index >= 15 is 0 Å². The maximum Gasteiger partial charge on any atom is 0.220 e. The SMILES string of the molecule is COc1ccc(CCC(=O)N[C@@H](C)c2ccc3c(c2)CCCC3)cc1OC. The highest BCUT2D eigenvalue weighted by Crippen LogP contribution is 2.28. The monoisotopic (exact) mass is 367 g/mol. The molecule has 1 amide bonds. The molecule has 4 nitrogen and oxygen atoms in total. The van der Waals surface area contributed by atoms with Gasteiger partial charge < -0.3 is 14.8 Å². The lowest BCUT2D eigenvalue weighted by atomic mass is 9.89. The molecule has 0 saturated heterocycles. The van der Waals surface area contributed by atoms with E-state index in [0.717, 1.165) is 12.0 Å². The summed E-state index contributed by atoms with van der Waals surface area (Å²) in [5, 5.41) is 3.13. The van der Waals surface area contributed by atoms with E-state index in [2.05, 4.69) is 30.4 Å². The van der Waals surface area contributed by atoms with Crippen molar-refractivity contribution in [3.8, 4) is 11.5 Å². The third kappa shape index (κ3) is 4.82. The van der Waals surface area contributed by atoms with Crippen LogP contribution in [0.1, 0.15) is 54.5 Å². The zero-order chi connectivity index (χ0) is 19.2. The number of benzene rings is 2. The highest BCUT2D eigenvalue weighted by atomic mass is 16.5. The van der Waals surface area contributed by atoms with E-state index in [1.807, 2.05) is 18.2 Å². The molecule has 3 rings (SSSR count). The highest BCUT2D eigenvalue weighted by Gasteiger charge is 2.14. The molecule has 2 aromatic rings. The molecule has 0 unspecified atom stereocenters. The summed E-state index contributed by atoms with van der Waals surface area (Å²) in [6.45, 7) is 2.05. The molecule has 2 aromatic carbocycles. The first kappa shape index (κ1) is 19.3. The zero-order valence-corrected chi connectivity index (χ0v) is 16.5. The summed E-state index contributed by atoms with van der Waals surface area (Å²) in [6, 6.07) is 12.5. The van der Waals surface area contributed by atoms with Gasteiger partial charge in [-0.05, 0) is 73.4 Å². The Balaban J connectivity index is 1.56. The van der Waals surface area contributed by atoms with Gasteiger partial charge in [-0.1, -0.05) is 24.3 Å². The summed E-state index contributed by atoms with van der Waals surface area (Å²) >= 11 is 0. The minimum atomic E-state index is 0.0233. The van der Waals surface area contributed by atoms with Crippen molar-refractivity contribution in [1.29, 1.82) is 0 Å². The first-order chi connectivity index (χ1) is 13.1. The van der Waals surface area contributed by atoms with Gasteiger partial charge in [-0.15, -0.1) is 0 Å². The van der Waals surface area contributed by atoms with Gasteiger partial charge in [0.25, 0.3) is 0 Å². The third-order valence-corrected chi connectivity index (χ3v) is 5.34. The molecule has 0 spiro atoms. The molecule has 27 heavy (non-hydrogen) atoms. The topological polar surface area (TPSA) is 47.6 Å². The summed E-state index contributed by atoms with van der Waals surface area (Å²) < 4.78 is 10.6. The molecule has 0 heterocycles. The number of hydrogen-bond acceptors (Lipinski definition) is 3. The lowest BCUT2D eigenvalue weighted by Gasteiger charge is -2.20. The van der Waals surface area contributed by atoms with Gasteiger partial charge in [0.2, 0.25) is 5.91 Å². The molecule has 0 radical (unpaired) electrons. The number of hydrogen-bond donors (Lipinski definition) is 1. The normalized spacial score (nSPS) is 14.2. The van der Waals surface area contributed by atoms with Crippen molar-refractivity contribution in [3.63, 3.8) is 0 Å². The second-order valence-electron chi connectivity index (χ2n) is 7.21. The number of fused-ring (bicyclic) bond motifs is 1. The van der Waals surface area contributed by atoms with Gasteiger partial charge in [0, 0.05) is 6.42 Å². The van der Waals surface area contributed by atoms with Gasteiger partial charge in [-0.2, -0.15) is 0 Å². The molecular formula is C23H29NO3. The largest absolute Gasteiger partial charge is 0.493 e. The van der Waals surface area contributed by atoms with Crippen molar-refractivity contribution >= 4 is 5.91 Å². The Morgan fingerprint density at radius 2 is 1.74 bits per heavy atom. The Morgan fingerprint density at radius 1 is 1.00 bits per heavy atom. The van der Waals surface area contributed by atoms with Crippen LogP contribution < -0.4 is 14.8 Å². The van der Waals surface area contributed by atoms with Crippen LogP contribution >= 0.6 is 0 Å².